The molecule has 1 amide bonds. The van der Waals surface area contributed by atoms with Crippen LogP contribution in [0.4, 0.5) is 4.79 Å². The van der Waals surface area contributed by atoms with Gasteiger partial charge in [0.2, 0.25) is 0 Å². The molecule has 2 aromatic heterocycles. The molecule has 4 aromatic rings. The summed E-state index contributed by atoms with van der Waals surface area (Å²) in [7, 11) is 0. The zero-order valence-corrected chi connectivity index (χ0v) is 17.4. The Balaban J connectivity index is 1.75. The molecule has 2 aromatic carbocycles. The van der Waals surface area contributed by atoms with Gasteiger partial charge in [-0.05, 0) is 37.1 Å². The van der Waals surface area contributed by atoms with Gasteiger partial charge in [-0.25, -0.2) is 4.79 Å². The molecule has 0 radical (unpaired) electrons. The molecule has 0 spiro atoms. The number of aromatic nitrogens is 2. The SMILES string of the molecule is CC[C@H](NC(=O)Oc1c(C)n(-c2cccnc2)c(=O)c2ccccc12)c1ccccc1. The zero-order valence-electron chi connectivity index (χ0n) is 17.4. The molecule has 0 saturated carbocycles. The molecule has 0 unspecified atom stereocenters. The molecule has 6 heteroatoms. The Bertz CT molecular complexity index is 1270. The molecule has 1 atom stereocenters. The van der Waals surface area contributed by atoms with Gasteiger partial charge in [0.1, 0.15) is 0 Å². The van der Waals surface area contributed by atoms with E-state index in [0.717, 1.165) is 5.56 Å². The number of fused-ring (bicyclic) bond motifs is 1. The molecule has 0 aliphatic carbocycles. The number of rotatable bonds is 5. The Morgan fingerprint density at radius 1 is 1.03 bits per heavy atom. The van der Waals surface area contributed by atoms with E-state index in [-0.39, 0.29) is 11.6 Å². The first-order chi connectivity index (χ1) is 15.1. The van der Waals surface area contributed by atoms with Crippen LogP contribution in [0.3, 0.4) is 0 Å². The smallest absolute Gasteiger partial charge is 0.408 e. The lowest BCUT2D eigenvalue weighted by atomic mass is 10.1. The predicted molar refractivity (Wildman–Crippen MR) is 121 cm³/mol. The minimum Gasteiger partial charge on any atom is -0.408 e. The van der Waals surface area contributed by atoms with E-state index >= 15 is 0 Å². The molecule has 6 nitrogen and oxygen atoms in total. The van der Waals surface area contributed by atoms with Crippen LogP contribution in [0.1, 0.15) is 30.6 Å². The maximum atomic E-state index is 13.2. The van der Waals surface area contributed by atoms with Crippen molar-refractivity contribution in [3.63, 3.8) is 0 Å². The van der Waals surface area contributed by atoms with E-state index in [1.807, 2.05) is 43.3 Å². The second-order valence-electron chi connectivity index (χ2n) is 7.22. The van der Waals surface area contributed by atoms with Crippen molar-refractivity contribution in [2.45, 2.75) is 26.3 Å². The molecule has 31 heavy (non-hydrogen) atoms. The van der Waals surface area contributed by atoms with Gasteiger partial charge in [0.25, 0.3) is 5.56 Å². The first-order valence-electron chi connectivity index (χ1n) is 10.2. The number of benzene rings is 2. The molecule has 0 saturated heterocycles. The van der Waals surface area contributed by atoms with Gasteiger partial charge in [0.05, 0.1) is 29.0 Å². The minimum atomic E-state index is -0.569. The summed E-state index contributed by atoms with van der Waals surface area (Å²) in [5, 5.41) is 3.99. The molecule has 156 valence electrons. The van der Waals surface area contributed by atoms with Crippen LogP contribution in [0.2, 0.25) is 0 Å². The van der Waals surface area contributed by atoms with E-state index in [4.69, 9.17) is 4.74 Å². The minimum absolute atomic E-state index is 0.176. The van der Waals surface area contributed by atoms with Crippen molar-refractivity contribution in [3.8, 4) is 11.4 Å². The molecule has 0 aliphatic rings. The zero-order chi connectivity index (χ0) is 21.8. The predicted octanol–water partition coefficient (Wildman–Crippen LogP) is 4.93. The summed E-state index contributed by atoms with van der Waals surface area (Å²) in [6.45, 7) is 3.76. The van der Waals surface area contributed by atoms with Crippen molar-refractivity contribution in [2.75, 3.05) is 0 Å². The van der Waals surface area contributed by atoms with Crippen molar-refractivity contribution >= 4 is 16.9 Å². The Morgan fingerprint density at radius 3 is 2.42 bits per heavy atom. The highest BCUT2D eigenvalue weighted by Crippen LogP contribution is 2.29. The van der Waals surface area contributed by atoms with Gasteiger partial charge >= 0.3 is 6.09 Å². The van der Waals surface area contributed by atoms with Crippen molar-refractivity contribution in [2.24, 2.45) is 0 Å². The van der Waals surface area contributed by atoms with Crippen molar-refractivity contribution in [3.05, 3.63) is 101 Å². The van der Waals surface area contributed by atoms with Gasteiger partial charge in [0.15, 0.2) is 5.75 Å². The van der Waals surface area contributed by atoms with Crippen LogP contribution < -0.4 is 15.6 Å². The fourth-order valence-corrected chi connectivity index (χ4v) is 3.73. The number of carbonyl (C=O) groups excluding carboxylic acids is 1. The Morgan fingerprint density at radius 2 is 1.74 bits per heavy atom. The van der Waals surface area contributed by atoms with Gasteiger partial charge < -0.3 is 10.1 Å². The topological polar surface area (TPSA) is 73.2 Å². The summed E-state index contributed by atoms with van der Waals surface area (Å²) in [5.74, 6) is 0.347. The third kappa shape index (κ3) is 4.05. The number of pyridine rings is 2. The summed E-state index contributed by atoms with van der Waals surface area (Å²) in [6.07, 6.45) is 3.40. The summed E-state index contributed by atoms with van der Waals surface area (Å²) in [6, 6.07) is 20.3. The van der Waals surface area contributed by atoms with Crippen LogP contribution >= 0.6 is 0 Å². The quantitative estimate of drug-likeness (QED) is 0.503. The molecule has 1 N–H and O–H groups in total. The van der Waals surface area contributed by atoms with Crippen LogP contribution in [-0.4, -0.2) is 15.6 Å². The van der Waals surface area contributed by atoms with E-state index in [0.29, 0.717) is 34.3 Å². The van der Waals surface area contributed by atoms with Gasteiger partial charge in [-0.15, -0.1) is 0 Å². The fraction of sp³-hybridized carbons (Fsp3) is 0.160. The second kappa shape index (κ2) is 8.83. The first-order valence-corrected chi connectivity index (χ1v) is 10.2. The summed E-state index contributed by atoms with van der Waals surface area (Å²) < 4.78 is 7.32. The highest BCUT2D eigenvalue weighted by atomic mass is 16.6. The van der Waals surface area contributed by atoms with Crippen LogP contribution in [0.25, 0.3) is 16.5 Å². The van der Waals surface area contributed by atoms with E-state index < -0.39 is 6.09 Å². The highest BCUT2D eigenvalue weighted by molar-refractivity contribution is 5.90. The summed E-state index contributed by atoms with van der Waals surface area (Å²) in [5.41, 5.74) is 1.95. The van der Waals surface area contributed by atoms with Crippen LogP contribution in [0.15, 0.2) is 83.9 Å². The third-order valence-electron chi connectivity index (χ3n) is 5.27. The maximum Gasteiger partial charge on any atom is 0.413 e. The average molecular weight is 413 g/mol. The number of hydrogen-bond acceptors (Lipinski definition) is 4. The normalized spacial score (nSPS) is 11.8. The lowest BCUT2D eigenvalue weighted by Crippen LogP contribution is -2.32. The lowest BCUT2D eigenvalue weighted by Gasteiger charge is -2.20. The molecule has 0 bridgehead atoms. The number of amides is 1. The number of nitrogens with zero attached hydrogens (tertiary/aromatic N) is 2. The standard InChI is InChI=1S/C25H23N3O3/c1-3-22(18-10-5-4-6-11-18)27-25(30)31-23-17(2)28(19-12-9-15-26-16-19)24(29)21-14-8-7-13-20(21)23/h4-16,22H,3H2,1-2H3,(H,27,30)/t22-/m0/s1. The van der Waals surface area contributed by atoms with Crippen molar-refractivity contribution in [1.82, 2.24) is 14.9 Å². The van der Waals surface area contributed by atoms with E-state index in [1.54, 1.807) is 49.6 Å². The van der Waals surface area contributed by atoms with E-state index in [2.05, 4.69) is 10.3 Å². The van der Waals surface area contributed by atoms with Gasteiger partial charge in [-0.2, -0.15) is 0 Å². The number of nitrogens with one attached hydrogen (secondary N) is 1. The molecular formula is C25H23N3O3. The fourth-order valence-electron chi connectivity index (χ4n) is 3.73. The number of carbonyl (C=O) groups is 1. The Kier molecular flexibility index (Phi) is 5.80. The van der Waals surface area contributed by atoms with Gasteiger partial charge in [-0.1, -0.05) is 55.5 Å². The maximum absolute atomic E-state index is 13.2. The molecule has 2 heterocycles. The molecule has 0 aliphatic heterocycles. The monoisotopic (exact) mass is 413 g/mol. The average Bonchev–Trinajstić information content (AvgIpc) is 2.81. The van der Waals surface area contributed by atoms with Crippen LogP contribution in [0.5, 0.6) is 5.75 Å². The third-order valence-corrected chi connectivity index (χ3v) is 5.27. The summed E-state index contributed by atoms with van der Waals surface area (Å²) >= 11 is 0. The van der Waals surface area contributed by atoms with E-state index in [9.17, 15) is 9.59 Å². The first kappa shape index (κ1) is 20.3. The second-order valence-corrected chi connectivity index (χ2v) is 7.22. The van der Waals surface area contributed by atoms with Crippen LogP contribution in [0, 0.1) is 6.92 Å². The molecule has 4 rings (SSSR count). The lowest BCUT2D eigenvalue weighted by molar-refractivity contribution is 0.195. The van der Waals surface area contributed by atoms with Gasteiger partial charge in [-0.3, -0.25) is 14.3 Å². The number of hydrogen-bond donors (Lipinski definition) is 1. The largest absolute Gasteiger partial charge is 0.413 e. The molecule has 0 fully saturated rings. The van der Waals surface area contributed by atoms with Crippen LogP contribution in [-0.2, 0) is 0 Å². The Hall–Kier alpha value is -3.93. The Labute approximate surface area is 180 Å². The summed E-state index contributed by atoms with van der Waals surface area (Å²) in [4.78, 5) is 30.1. The van der Waals surface area contributed by atoms with E-state index in [1.165, 1.54) is 4.57 Å². The molecular weight excluding hydrogens is 390 g/mol. The van der Waals surface area contributed by atoms with Crippen molar-refractivity contribution in [1.29, 1.82) is 0 Å². The van der Waals surface area contributed by atoms with Gasteiger partial charge in [0, 0.05) is 11.6 Å². The van der Waals surface area contributed by atoms with Crippen molar-refractivity contribution < 1.29 is 9.53 Å². The number of ether oxygens (including phenoxy) is 1. The highest BCUT2D eigenvalue weighted by Gasteiger charge is 2.20.